The molecular weight excluding hydrogens is 239 g/mol. The quantitative estimate of drug-likeness (QED) is 0.568. The number of phenols is 1. The van der Waals surface area contributed by atoms with E-state index in [0.717, 1.165) is 5.52 Å². The summed E-state index contributed by atoms with van der Waals surface area (Å²) in [5.74, 6) is 0.165. The normalized spacial score (nSPS) is 12.6. The third-order valence-corrected chi connectivity index (χ3v) is 2.67. The lowest BCUT2D eigenvalue weighted by molar-refractivity contribution is 0.150. The Hall–Kier alpha value is -2.08. The monoisotopic (exact) mass is 252 g/mol. The minimum Gasteiger partial charge on any atom is -0.507 e. The molecule has 0 aliphatic heterocycles. The van der Waals surface area contributed by atoms with Gasteiger partial charge in [-0.25, -0.2) is 4.79 Å². The van der Waals surface area contributed by atoms with Crippen LogP contribution in [-0.4, -0.2) is 33.6 Å². The SMILES string of the molecule is O=C(F)NCC(O)Cn1ccc2c(O)cccc21. The molecule has 18 heavy (non-hydrogen) atoms. The zero-order valence-electron chi connectivity index (χ0n) is 9.51. The van der Waals surface area contributed by atoms with Gasteiger partial charge in [0.2, 0.25) is 0 Å². The summed E-state index contributed by atoms with van der Waals surface area (Å²) in [7, 11) is 0. The summed E-state index contributed by atoms with van der Waals surface area (Å²) in [6.07, 6.45) is -0.850. The maximum Gasteiger partial charge on any atom is 0.397 e. The maximum atomic E-state index is 11.9. The Balaban J connectivity index is 2.12. The number of nitrogens with one attached hydrogen (secondary N) is 1. The van der Waals surface area contributed by atoms with E-state index in [1.807, 2.05) is 5.32 Å². The number of amides is 1. The number of rotatable bonds is 4. The number of fused-ring (bicyclic) bond motifs is 1. The van der Waals surface area contributed by atoms with Crippen molar-refractivity contribution < 1.29 is 19.4 Å². The summed E-state index contributed by atoms with van der Waals surface area (Å²) in [5, 5.41) is 21.8. The van der Waals surface area contributed by atoms with Crippen molar-refractivity contribution in [2.24, 2.45) is 0 Å². The lowest BCUT2D eigenvalue weighted by Crippen LogP contribution is -2.31. The Morgan fingerprint density at radius 2 is 2.22 bits per heavy atom. The van der Waals surface area contributed by atoms with Crippen molar-refractivity contribution in [3.63, 3.8) is 0 Å². The highest BCUT2D eigenvalue weighted by Gasteiger charge is 2.10. The van der Waals surface area contributed by atoms with E-state index in [4.69, 9.17) is 0 Å². The van der Waals surface area contributed by atoms with E-state index in [-0.39, 0.29) is 18.8 Å². The highest BCUT2D eigenvalue weighted by atomic mass is 19.1. The molecule has 1 unspecified atom stereocenters. The van der Waals surface area contributed by atoms with Crippen LogP contribution in [0.25, 0.3) is 10.9 Å². The molecule has 0 aliphatic rings. The van der Waals surface area contributed by atoms with Crippen molar-refractivity contribution in [3.8, 4) is 5.75 Å². The van der Waals surface area contributed by atoms with Gasteiger partial charge in [-0.3, -0.25) is 0 Å². The fourth-order valence-corrected chi connectivity index (χ4v) is 1.86. The zero-order chi connectivity index (χ0) is 13.1. The van der Waals surface area contributed by atoms with Crippen LogP contribution in [0.1, 0.15) is 0 Å². The number of halogens is 1. The number of nitrogens with zero attached hydrogens (tertiary/aromatic N) is 1. The summed E-state index contributed by atoms with van der Waals surface area (Å²) < 4.78 is 13.7. The number of hydrogen-bond donors (Lipinski definition) is 3. The van der Waals surface area contributed by atoms with Crippen molar-refractivity contribution in [1.29, 1.82) is 0 Å². The van der Waals surface area contributed by atoms with E-state index in [1.54, 1.807) is 35.0 Å². The molecule has 1 aromatic heterocycles. The van der Waals surface area contributed by atoms with Crippen molar-refractivity contribution in [1.82, 2.24) is 9.88 Å². The van der Waals surface area contributed by atoms with Crippen LogP contribution in [0.15, 0.2) is 30.5 Å². The lowest BCUT2D eigenvalue weighted by atomic mass is 10.2. The summed E-state index contributed by atoms with van der Waals surface area (Å²) in [6, 6.07) is 6.80. The van der Waals surface area contributed by atoms with Crippen molar-refractivity contribution >= 4 is 17.1 Å². The molecule has 1 amide bonds. The van der Waals surface area contributed by atoms with Crippen molar-refractivity contribution in [2.75, 3.05) is 6.54 Å². The lowest BCUT2D eigenvalue weighted by Gasteiger charge is -2.12. The number of phenolic OH excluding ortho intramolecular Hbond substituents is 1. The molecule has 0 aliphatic carbocycles. The number of aliphatic hydroxyl groups is 1. The fraction of sp³-hybridized carbons (Fsp3) is 0.250. The number of carbonyl (C=O) groups excluding carboxylic acids is 1. The van der Waals surface area contributed by atoms with Gasteiger partial charge < -0.3 is 20.1 Å². The van der Waals surface area contributed by atoms with E-state index < -0.39 is 12.3 Å². The number of aromatic hydroxyl groups is 1. The average Bonchev–Trinajstić information content (AvgIpc) is 2.72. The second-order valence-electron chi connectivity index (χ2n) is 3.99. The second-order valence-corrected chi connectivity index (χ2v) is 3.99. The van der Waals surface area contributed by atoms with Crippen molar-refractivity contribution in [3.05, 3.63) is 30.5 Å². The minimum absolute atomic E-state index is 0.159. The Bertz CT molecular complexity index is 567. The Morgan fingerprint density at radius 3 is 2.94 bits per heavy atom. The first-order valence-electron chi connectivity index (χ1n) is 5.46. The van der Waals surface area contributed by atoms with Gasteiger partial charge in [0.25, 0.3) is 0 Å². The van der Waals surface area contributed by atoms with Crippen LogP contribution in [0, 0.1) is 0 Å². The van der Waals surface area contributed by atoms with Crippen LogP contribution < -0.4 is 5.32 Å². The predicted octanol–water partition coefficient (Wildman–Crippen LogP) is 1.39. The molecule has 3 N–H and O–H groups in total. The fourth-order valence-electron chi connectivity index (χ4n) is 1.86. The summed E-state index contributed by atoms with van der Waals surface area (Å²) >= 11 is 0. The summed E-state index contributed by atoms with van der Waals surface area (Å²) in [4.78, 5) is 10.1. The third kappa shape index (κ3) is 2.60. The first-order valence-corrected chi connectivity index (χ1v) is 5.46. The number of carbonyl (C=O) groups is 1. The number of aromatic nitrogens is 1. The molecule has 2 rings (SSSR count). The summed E-state index contributed by atoms with van der Waals surface area (Å²) in [6.45, 7) is 0.0427. The standard InChI is InChI=1S/C12H13FN2O3/c13-12(18)14-6-8(16)7-15-5-4-9-10(15)2-1-3-11(9)17/h1-5,8,16-17H,6-7H2,(H,14,18). The van der Waals surface area contributed by atoms with Gasteiger partial charge in [-0.15, -0.1) is 4.39 Å². The third-order valence-electron chi connectivity index (χ3n) is 2.67. The van der Waals surface area contributed by atoms with Gasteiger partial charge in [0.15, 0.2) is 0 Å². The van der Waals surface area contributed by atoms with Crippen LogP contribution in [-0.2, 0) is 6.54 Å². The van der Waals surface area contributed by atoms with Crippen LogP contribution in [0.2, 0.25) is 0 Å². The number of hydrogen-bond acceptors (Lipinski definition) is 3. The number of benzene rings is 1. The molecule has 0 saturated heterocycles. The Labute approximate surface area is 102 Å². The van der Waals surface area contributed by atoms with Gasteiger partial charge in [0.05, 0.1) is 18.2 Å². The van der Waals surface area contributed by atoms with Crippen molar-refractivity contribution in [2.45, 2.75) is 12.6 Å². The molecule has 1 atom stereocenters. The number of aliphatic hydroxyl groups excluding tert-OH is 1. The van der Waals surface area contributed by atoms with Crippen LogP contribution >= 0.6 is 0 Å². The second kappa shape index (κ2) is 5.05. The maximum absolute atomic E-state index is 11.9. The first-order chi connectivity index (χ1) is 8.58. The molecular formula is C12H13FN2O3. The van der Waals surface area contributed by atoms with Gasteiger partial charge in [-0.1, -0.05) is 6.07 Å². The molecule has 6 heteroatoms. The minimum atomic E-state index is -1.66. The largest absolute Gasteiger partial charge is 0.507 e. The molecule has 96 valence electrons. The van der Waals surface area contributed by atoms with Gasteiger partial charge in [0, 0.05) is 18.1 Å². The zero-order valence-corrected chi connectivity index (χ0v) is 9.51. The molecule has 0 radical (unpaired) electrons. The molecule has 0 fully saturated rings. The van der Waals surface area contributed by atoms with E-state index in [0.29, 0.717) is 5.39 Å². The molecule has 5 nitrogen and oxygen atoms in total. The van der Waals surface area contributed by atoms with Gasteiger partial charge in [-0.2, -0.15) is 0 Å². The Morgan fingerprint density at radius 1 is 1.44 bits per heavy atom. The van der Waals surface area contributed by atoms with Crippen LogP contribution in [0.3, 0.4) is 0 Å². The molecule has 1 heterocycles. The predicted molar refractivity (Wildman–Crippen MR) is 64.1 cm³/mol. The topological polar surface area (TPSA) is 74.5 Å². The Kier molecular flexibility index (Phi) is 3.47. The van der Waals surface area contributed by atoms with E-state index >= 15 is 0 Å². The summed E-state index contributed by atoms with van der Waals surface area (Å²) in [5.41, 5.74) is 0.764. The highest BCUT2D eigenvalue weighted by Crippen LogP contribution is 2.25. The first kappa shape index (κ1) is 12.4. The van der Waals surface area contributed by atoms with E-state index in [1.165, 1.54) is 0 Å². The molecule has 0 saturated carbocycles. The van der Waals surface area contributed by atoms with Gasteiger partial charge in [-0.05, 0) is 18.2 Å². The van der Waals surface area contributed by atoms with Crippen LogP contribution in [0.5, 0.6) is 5.75 Å². The molecule has 0 bridgehead atoms. The van der Waals surface area contributed by atoms with Gasteiger partial charge in [0.1, 0.15) is 5.75 Å². The van der Waals surface area contributed by atoms with Gasteiger partial charge >= 0.3 is 6.16 Å². The molecule has 2 aromatic rings. The van der Waals surface area contributed by atoms with E-state index in [9.17, 15) is 19.4 Å². The average molecular weight is 252 g/mol. The van der Waals surface area contributed by atoms with E-state index in [2.05, 4.69) is 0 Å². The smallest absolute Gasteiger partial charge is 0.397 e. The molecule has 1 aromatic carbocycles. The van der Waals surface area contributed by atoms with Crippen LogP contribution in [0.4, 0.5) is 9.18 Å². The molecule has 0 spiro atoms. The highest BCUT2D eigenvalue weighted by molar-refractivity contribution is 5.86.